The average Bonchev–Trinajstić information content (AvgIpc) is 3.20. The van der Waals surface area contributed by atoms with Crippen molar-refractivity contribution in [3.8, 4) is 0 Å². The van der Waals surface area contributed by atoms with Crippen LogP contribution in [0.25, 0.3) is 10.9 Å². The van der Waals surface area contributed by atoms with E-state index in [1.165, 1.54) is 16.5 Å². The summed E-state index contributed by atoms with van der Waals surface area (Å²) in [6.07, 6.45) is 3.00. The first-order valence-corrected chi connectivity index (χ1v) is 10.7. The molecule has 1 saturated heterocycles. The Morgan fingerprint density at radius 1 is 0.933 bits per heavy atom. The number of nitrogens with zero attached hydrogens (tertiary/aromatic N) is 2. The topological polar surface area (TPSA) is 58.5 Å². The largest absolute Gasteiger partial charge is 0.379 e. The molecular weight excluding hydrogens is 376 g/mol. The summed E-state index contributed by atoms with van der Waals surface area (Å²) in [6.45, 7) is 6.47. The summed E-state index contributed by atoms with van der Waals surface area (Å²) in [6, 6.07) is 18.7. The van der Waals surface area contributed by atoms with Gasteiger partial charge in [0.2, 0.25) is 0 Å². The van der Waals surface area contributed by atoms with Crippen molar-refractivity contribution in [2.45, 2.75) is 26.1 Å². The number of carbonyl (C=O) groups excluding carboxylic acids is 1. The number of carbonyl (C=O) groups is 1. The lowest BCUT2D eigenvalue weighted by molar-refractivity contribution is 0.0341. The second-order valence-corrected chi connectivity index (χ2v) is 7.69. The van der Waals surface area contributed by atoms with E-state index in [9.17, 15) is 4.79 Å². The Morgan fingerprint density at radius 2 is 1.70 bits per heavy atom. The van der Waals surface area contributed by atoms with E-state index in [1.54, 1.807) is 0 Å². The Kier molecular flexibility index (Phi) is 7.00. The van der Waals surface area contributed by atoms with Gasteiger partial charge in [-0.1, -0.05) is 42.5 Å². The lowest BCUT2D eigenvalue weighted by atomic mass is 10.1. The summed E-state index contributed by atoms with van der Waals surface area (Å²) in [5.41, 5.74) is 3.66. The third kappa shape index (κ3) is 5.40. The fourth-order valence-corrected chi connectivity index (χ4v) is 3.91. The fraction of sp³-hybridized carbons (Fsp3) is 0.375. The van der Waals surface area contributed by atoms with E-state index in [4.69, 9.17) is 4.74 Å². The van der Waals surface area contributed by atoms with Crippen molar-refractivity contribution < 1.29 is 9.53 Å². The van der Waals surface area contributed by atoms with Crippen LogP contribution in [-0.2, 0) is 24.4 Å². The van der Waals surface area contributed by atoms with Gasteiger partial charge in [-0.05, 0) is 35.1 Å². The van der Waals surface area contributed by atoms with Gasteiger partial charge < -0.3 is 19.9 Å². The molecule has 0 bridgehead atoms. The molecule has 0 atom stereocenters. The summed E-state index contributed by atoms with van der Waals surface area (Å²) in [4.78, 5) is 14.6. The predicted octanol–water partition coefficient (Wildman–Crippen LogP) is 3.36. The molecule has 1 fully saturated rings. The molecule has 2 N–H and O–H groups in total. The first kappa shape index (κ1) is 20.4. The predicted molar refractivity (Wildman–Crippen MR) is 119 cm³/mol. The van der Waals surface area contributed by atoms with Gasteiger partial charge in [-0.15, -0.1) is 0 Å². The molecule has 2 aromatic carbocycles. The van der Waals surface area contributed by atoms with Crippen LogP contribution < -0.4 is 10.6 Å². The van der Waals surface area contributed by atoms with Crippen molar-refractivity contribution in [1.82, 2.24) is 20.1 Å². The number of fused-ring (bicyclic) bond motifs is 1. The molecule has 2 amide bonds. The second kappa shape index (κ2) is 10.3. The molecule has 0 aliphatic carbocycles. The number of hydrogen-bond donors (Lipinski definition) is 2. The molecule has 158 valence electrons. The summed E-state index contributed by atoms with van der Waals surface area (Å²) in [5, 5.41) is 7.22. The molecule has 2 heterocycles. The summed E-state index contributed by atoms with van der Waals surface area (Å²) in [7, 11) is 0. The molecule has 0 radical (unpaired) electrons. The zero-order chi connectivity index (χ0) is 20.6. The minimum absolute atomic E-state index is 0.117. The first-order chi connectivity index (χ1) is 14.8. The van der Waals surface area contributed by atoms with Crippen LogP contribution in [-0.4, -0.2) is 48.3 Å². The van der Waals surface area contributed by atoms with Crippen LogP contribution in [0.1, 0.15) is 17.5 Å². The molecule has 4 rings (SSSR count). The van der Waals surface area contributed by atoms with Gasteiger partial charge in [-0.3, -0.25) is 4.90 Å². The van der Waals surface area contributed by atoms with E-state index in [-0.39, 0.29) is 6.03 Å². The lowest BCUT2D eigenvalue weighted by Gasteiger charge is -2.27. The molecular formula is C24H30N4O2. The second-order valence-electron chi connectivity index (χ2n) is 7.69. The van der Waals surface area contributed by atoms with Crippen LogP contribution in [0, 0.1) is 0 Å². The Labute approximate surface area is 177 Å². The quantitative estimate of drug-likeness (QED) is 0.564. The molecule has 30 heavy (non-hydrogen) atoms. The molecule has 0 unspecified atom stereocenters. The Balaban J connectivity index is 1.20. The van der Waals surface area contributed by atoms with E-state index in [0.717, 1.165) is 51.4 Å². The third-order valence-corrected chi connectivity index (χ3v) is 5.60. The fourth-order valence-electron chi connectivity index (χ4n) is 3.91. The minimum Gasteiger partial charge on any atom is -0.379 e. The highest BCUT2D eigenvalue weighted by Gasteiger charge is 2.13. The van der Waals surface area contributed by atoms with Gasteiger partial charge in [0, 0.05) is 51.0 Å². The molecule has 0 saturated carbocycles. The summed E-state index contributed by atoms with van der Waals surface area (Å²) < 4.78 is 7.66. The standard InChI is InChI=1S/C24H30N4O2/c29-24(25-11-5-12-28-13-10-20-6-3-4-9-23(20)28)26-18-21-7-1-2-8-22(21)19-27-14-16-30-17-15-27/h1-4,6-10,13H,5,11-12,14-19H2,(H2,25,26,29). The molecule has 1 aromatic heterocycles. The number of hydrogen-bond acceptors (Lipinski definition) is 3. The molecule has 1 aliphatic rings. The van der Waals surface area contributed by atoms with Gasteiger partial charge in [0.25, 0.3) is 0 Å². The number of rotatable bonds is 8. The van der Waals surface area contributed by atoms with Crippen LogP contribution in [0.4, 0.5) is 4.79 Å². The van der Waals surface area contributed by atoms with Crippen LogP contribution in [0.15, 0.2) is 60.8 Å². The first-order valence-electron chi connectivity index (χ1n) is 10.7. The smallest absolute Gasteiger partial charge is 0.315 e. The van der Waals surface area contributed by atoms with Gasteiger partial charge >= 0.3 is 6.03 Å². The summed E-state index contributed by atoms with van der Waals surface area (Å²) >= 11 is 0. The minimum atomic E-state index is -0.117. The van der Waals surface area contributed by atoms with Crippen molar-refractivity contribution in [2.75, 3.05) is 32.8 Å². The average molecular weight is 407 g/mol. The molecule has 0 spiro atoms. The van der Waals surface area contributed by atoms with E-state index < -0.39 is 0 Å². The maximum Gasteiger partial charge on any atom is 0.315 e. The number of morpholine rings is 1. The number of amides is 2. The van der Waals surface area contributed by atoms with Crippen LogP contribution in [0.5, 0.6) is 0 Å². The number of nitrogens with one attached hydrogen (secondary N) is 2. The van der Waals surface area contributed by atoms with Crippen molar-refractivity contribution >= 4 is 16.9 Å². The SMILES string of the molecule is O=C(NCCCn1ccc2ccccc21)NCc1ccccc1CN1CCOCC1. The van der Waals surface area contributed by atoms with Gasteiger partial charge in [0.15, 0.2) is 0 Å². The number of benzene rings is 2. The number of aryl methyl sites for hydroxylation is 1. The Hall–Kier alpha value is -2.83. The maximum atomic E-state index is 12.2. The van der Waals surface area contributed by atoms with Crippen LogP contribution >= 0.6 is 0 Å². The highest BCUT2D eigenvalue weighted by molar-refractivity contribution is 5.79. The lowest BCUT2D eigenvalue weighted by Crippen LogP contribution is -2.37. The van der Waals surface area contributed by atoms with E-state index >= 15 is 0 Å². The maximum absolute atomic E-state index is 12.2. The Morgan fingerprint density at radius 3 is 2.57 bits per heavy atom. The normalized spacial score (nSPS) is 14.7. The highest BCUT2D eigenvalue weighted by atomic mass is 16.5. The zero-order valence-corrected chi connectivity index (χ0v) is 17.3. The van der Waals surface area contributed by atoms with E-state index in [2.05, 4.69) is 74.8 Å². The third-order valence-electron chi connectivity index (χ3n) is 5.60. The molecule has 1 aliphatic heterocycles. The van der Waals surface area contributed by atoms with Crippen molar-refractivity contribution in [2.24, 2.45) is 0 Å². The van der Waals surface area contributed by atoms with Gasteiger partial charge in [0.1, 0.15) is 0 Å². The highest BCUT2D eigenvalue weighted by Crippen LogP contribution is 2.15. The van der Waals surface area contributed by atoms with Crippen LogP contribution in [0.3, 0.4) is 0 Å². The zero-order valence-electron chi connectivity index (χ0n) is 17.3. The van der Waals surface area contributed by atoms with Gasteiger partial charge in [-0.2, -0.15) is 0 Å². The number of para-hydroxylation sites is 1. The number of ether oxygens (including phenoxy) is 1. The van der Waals surface area contributed by atoms with Crippen molar-refractivity contribution in [1.29, 1.82) is 0 Å². The van der Waals surface area contributed by atoms with Gasteiger partial charge in [-0.25, -0.2) is 4.79 Å². The monoisotopic (exact) mass is 406 g/mol. The molecule has 3 aromatic rings. The summed E-state index contributed by atoms with van der Waals surface area (Å²) in [5.74, 6) is 0. The molecule has 6 heteroatoms. The number of urea groups is 1. The molecule has 6 nitrogen and oxygen atoms in total. The van der Waals surface area contributed by atoms with E-state index in [1.807, 2.05) is 6.07 Å². The number of aromatic nitrogens is 1. The van der Waals surface area contributed by atoms with E-state index in [0.29, 0.717) is 13.1 Å². The van der Waals surface area contributed by atoms with Crippen molar-refractivity contribution in [3.05, 3.63) is 71.9 Å². The Bertz CT molecular complexity index is 963. The van der Waals surface area contributed by atoms with Crippen molar-refractivity contribution in [3.63, 3.8) is 0 Å². The van der Waals surface area contributed by atoms with Gasteiger partial charge in [0.05, 0.1) is 13.2 Å². The van der Waals surface area contributed by atoms with Crippen LogP contribution in [0.2, 0.25) is 0 Å².